The molecule has 4 aliphatic carbocycles. The van der Waals surface area contributed by atoms with Crippen molar-refractivity contribution in [3.8, 4) is 0 Å². The zero-order chi connectivity index (χ0) is 70.3. The summed E-state index contributed by atoms with van der Waals surface area (Å²) in [7, 11) is 7.97. The second-order valence-corrected chi connectivity index (χ2v) is 35.4. The van der Waals surface area contributed by atoms with Gasteiger partial charge in [0, 0.05) is 85.5 Å². The van der Waals surface area contributed by atoms with Gasteiger partial charge in [0.1, 0.15) is 48.2 Å². The van der Waals surface area contributed by atoms with Gasteiger partial charge in [-0.1, -0.05) is 174 Å². The first-order chi connectivity index (χ1) is 47.2. The summed E-state index contributed by atoms with van der Waals surface area (Å²) in [4.78, 5) is 100. The van der Waals surface area contributed by atoms with Gasteiger partial charge in [-0.25, -0.2) is 9.59 Å². The summed E-state index contributed by atoms with van der Waals surface area (Å²) in [5.41, 5.74) is 2.49. The minimum Gasteiger partial charge on any atom is -0.462 e. The fourth-order valence-electron chi connectivity index (χ4n) is 15.4. The van der Waals surface area contributed by atoms with E-state index in [1.807, 2.05) is 70.9 Å². The van der Waals surface area contributed by atoms with Crippen LogP contribution in [-0.2, 0) is 57.2 Å². The Morgan fingerprint density at radius 1 is 0.500 bits per heavy atom. The van der Waals surface area contributed by atoms with Gasteiger partial charge in [-0.2, -0.15) is 0 Å². The summed E-state index contributed by atoms with van der Waals surface area (Å²) < 4.78 is 35.1. The largest absolute Gasteiger partial charge is 0.462 e. The topological polar surface area (TPSA) is 216 Å². The Labute approximate surface area is 603 Å². The number of hydrogen-bond acceptors (Lipinski definition) is 18. The number of ether oxygens (including phenoxy) is 6. The number of cyclic esters (lactones) is 2. The van der Waals surface area contributed by atoms with Crippen LogP contribution >= 0.6 is 43.2 Å². The monoisotopic (exact) mass is 1440 g/mol. The Bertz CT molecular complexity index is 2660. The summed E-state index contributed by atoms with van der Waals surface area (Å²) in [6.07, 6.45) is 37.3. The van der Waals surface area contributed by atoms with Crippen molar-refractivity contribution in [2.75, 3.05) is 24.6 Å². The molecule has 8 aliphatic rings. The fourth-order valence-corrected chi connectivity index (χ4v) is 21.5. The van der Waals surface area contributed by atoms with Crippen molar-refractivity contribution in [1.82, 2.24) is 10.6 Å². The predicted octanol–water partition coefficient (Wildman–Crippen LogP) is 18.3. The maximum Gasteiger partial charge on any atom is 0.407 e. The highest BCUT2D eigenvalue weighted by Gasteiger charge is 2.45. The van der Waals surface area contributed by atoms with E-state index in [0.717, 1.165) is 126 Å². The maximum absolute atomic E-state index is 12.8. The molecule has 4 saturated heterocycles. The van der Waals surface area contributed by atoms with Crippen LogP contribution in [0.2, 0.25) is 0 Å². The zero-order valence-corrected chi connectivity index (χ0v) is 63.9. The third kappa shape index (κ3) is 28.4. The van der Waals surface area contributed by atoms with Gasteiger partial charge < -0.3 is 39.1 Å². The minimum absolute atomic E-state index is 0.0636. The number of carbonyl (C=O) groups is 8. The first kappa shape index (κ1) is 81.4. The van der Waals surface area contributed by atoms with Crippen molar-refractivity contribution < 1.29 is 66.8 Å². The number of allylic oxidation sites excluding steroid dienone is 6. The number of esters is 4. The number of hydrogen-bond donors (Lipinski definition) is 2. The Morgan fingerprint density at radius 3 is 1.29 bits per heavy atom. The van der Waals surface area contributed by atoms with Crippen LogP contribution in [0.25, 0.3) is 0 Å². The lowest BCUT2D eigenvalue weighted by Crippen LogP contribution is -2.42. The molecule has 0 bridgehead atoms. The smallest absolute Gasteiger partial charge is 0.407 e. The van der Waals surface area contributed by atoms with Gasteiger partial charge in [0.2, 0.25) is 0 Å². The van der Waals surface area contributed by atoms with Crippen molar-refractivity contribution >= 4 is 90.8 Å². The zero-order valence-electron chi connectivity index (χ0n) is 60.7. The van der Waals surface area contributed by atoms with Crippen LogP contribution in [0.4, 0.5) is 9.59 Å². The molecule has 98 heavy (non-hydrogen) atoms. The number of nitrogens with one attached hydrogen (secondary N) is 2. The molecule has 18 unspecified atom stereocenters. The summed E-state index contributed by atoms with van der Waals surface area (Å²) in [6, 6.07) is 0. The molecular formula is C78H122N2O14S4. The van der Waals surface area contributed by atoms with E-state index in [4.69, 9.17) is 28.4 Å². The van der Waals surface area contributed by atoms with Crippen LogP contribution in [0, 0.1) is 59.2 Å². The Morgan fingerprint density at radius 2 is 0.888 bits per heavy atom. The highest BCUT2D eigenvalue weighted by Crippen LogP contribution is 2.48. The number of rotatable bonds is 38. The van der Waals surface area contributed by atoms with Crippen molar-refractivity contribution in [3.63, 3.8) is 0 Å². The van der Waals surface area contributed by atoms with Gasteiger partial charge in [-0.3, -0.25) is 28.8 Å². The van der Waals surface area contributed by atoms with Crippen LogP contribution in [0.1, 0.15) is 261 Å². The third-order valence-corrected chi connectivity index (χ3v) is 27.6. The highest BCUT2D eigenvalue weighted by atomic mass is 33.1. The van der Waals surface area contributed by atoms with Crippen molar-refractivity contribution in [2.45, 2.75) is 308 Å². The molecular weight excluding hydrogens is 1320 g/mol. The molecule has 4 aliphatic heterocycles. The first-order valence-corrected chi connectivity index (χ1v) is 43.1. The van der Waals surface area contributed by atoms with Crippen LogP contribution in [0.3, 0.4) is 0 Å². The van der Waals surface area contributed by atoms with Gasteiger partial charge in [-0.15, -0.1) is 0 Å². The number of unbranched alkanes of at least 4 members (excludes halogenated alkanes) is 8. The molecule has 20 heteroatoms. The van der Waals surface area contributed by atoms with Crippen molar-refractivity contribution in [2.24, 2.45) is 59.2 Å². The van der Waals surface area contributed by atoms with E-state index in [2.05, 4.69) is 74.8 Å². The molecule has 18 atom stereocenters. The highest BCUT2D eigenvalue weighted by molar-refractivity contribution is 8.77. The number of amides is 2. The summed E-state index contributed by atoms with van der Waals surface area (Å²) in [5.74, 6) is 4.14. The molecule has 8 rings (SSSR count). The molecule has 4 heterocycles. The van der Waals surface area contributed by atoms with Gasteiger partial charge in [0.05, 0.1) is 24.7 Å². The lowest BCUT2D eigenvalue weighted by atomic mass is 9.65. The number of Topliss-reactive ketones (excluding diaryl/α,β-unsaturated/α-hetero) is 2. The average molecular weight is 1440 g/mol. The molecule has 0 spiro atoms. The molecule has 2 N–H and O–H groups in total. The molecule has 552 valence electrons. The van der Waals surface area contributed by atoms with Crippen LogP contribution in [0.15, 0.2) is 47.6 Å². The molecule has 16 nitrogen and oxygen atoms in total. The lowest BCUT2D eigenvalue weighted by molar-refractivity contribution is -0.162. The van der Waals surface area contributed by atoms with Gasteiger partial charge in [0.25, 0.3) is 0 Å². The number of ketones is 2. The first-order valence-electron chi connectivity index (χ1n) is 38.3. The Balaban J connectivity index is 0.000000276. The van der Waals surface area contributed by atoms with E-state index in [9.17, 15) is 38.4 Å². The van der Waals surface area contributed by atoms with E-state index in [0.29, 0.717) is 93.3 Å². The Hall–Kier alpha value is -3.88. The van der Waals surface area contributed by atoms with E-state index in [1.165, 1.54) is 54.8 Å². The van der Waals surface area contributed by atoms with E-state index >= 15 is 0 Å². The standard InChI is InChI=1S/C40H63NO7S2.C38H59NO7S2/c1-5-28(3)39(44)48-36-24-27(2)23-30-17-16-29(4)35(38(30)36)19-18-32-25-33(26-37(43)46-32)47-40(45)41-21-12-8-6-7-9-13-31(42)14-10-11-15-34-20-22-49-50-34;1-5-26(3)37(42)46-34-22-25(2)21-28-15-14-27(4)33(36(28)34)17-16-30-23-31(24-35(41)44-30)45-38(43)39-19-10-6-7-11-29(40)12-8-9-13-32-18-20-47-48-32/h16-17,23,27-29,32-36,38H,5-15,18-22,24-26H2,1-4H3,(H,41,45);14-15,21,25-27,30-34,36H,5-13,16-20,22-24H2,1-4H3,(H,39,43). The summed E-state index contributed by atoms with van der Waals surface area (Å²) in [6.45, 7) is 17.6. The van der Waals surface area contributed by atoms with E-state index < -0.39 is 24.4 Å². The molecule has 0 saturated carbocycles. The van der Waals surface area contributed by atoms with Crippen LogP contribution in [0.5, 0.6) is 0 Å². The van der Waals surface area contributed by atoms with Crippen LogP contribution < -0.4 is 10.6 Å². The molecule has 2 amide bonds. The van der Waals surface area contributed by atoms with Gasteiger partial charge in [0.15, 0.2) is 0 Å². The molecule has 0 aromatic rings. The van der Waals surface area contributed by atoms with Crippen LogP contribution in [-0.4, -0.2) is 119 Å². The maximum atomic E-state index is 12.8. The average Bonchev–Trinajstić information content (AvgIpc) is 0.861. The number of fused-ring (bicyclic) bond motifs is 2. The molecule has 0 aromatic heterocycles. The second kappa shape index (κ2) is 43.9. The number of carbonyl (C=O) groups excluding carboxylic acids is 8. The number of alkyl carbamates (subject to hydrolysis) is 2. The van der Waals surface area contributed by atoms with Gasteiger partial charge >= 0.3 is 36.1 Å². The van der Waals surface area contributed by atoms with E-state index in [1.54, 1.807) is 0 Å². The molecule has 0 aromatic carbocycles. The third-order valence-electron chi connectivity index (χ3n) is 21.6. The molecule has 4 fully saturated rings. The summed E-state index contributed by atoms with van der Waals surface area (Å²) >= 11 is 0. The molecule has 0 radical (unpaired) electrons. The normalized spacial score (nSPS) is 30.1. The lowest BCUT2D eigenvalue weighted by Gasteiger charge is -2.43. The SMILES string of the molecule is CCC(C)C(=O)OC1CC(C)C=C2C=CC(C)C(CCC3CC(OC(=O)NCCCCCC(=O)CCCCC4CCSS4)CC(=O)O3)C21.CCC(C)C(=O)OC1CC(C)C=C2C=CC(C)C(CCC3CC(OC(=O)NCCCCCCCC(=O)CCCCC4CCSS4)CC(=O)O3)C21. The second-order valence-electron chi connectivity index (χ2n) is 29.9. The fraction of sp³-hybridized carbons (Fsp3) is 0.795. The van der Waals surface area contributed by atoms with Gasteiger partial charge in [-0.05, 0) is 162 Å². The Kier molecular flexibility index (Phi) is 36.5. The summed E-state index contributed by atoms with van der Waals surface area (Å²) in [5, 5.41) is 7.24. The quantitative estimate of drug-likeness (QED) is 0.0254. The van der Waals surface area contributed by atoms with Crippen molar-refractivity contribution in [1.29, 1.82) is 0 Å². The van der Waals surface area contributed by atoms with Crippen molar-refractivity contribution in [3.05, 3.63) is 47.6 Å². The van der Waals surface area contributed by atoms with E-state index in [-0.39, 0.29) is 96.6 Å². The predicted molar refractivity (Wildman–Crippen MR) is 396 cm³/mol. The minimum atomic E-state index is -0.515.